The molecule has 0 spiro atoms. The predicted molar refractivity (Wildman–Crippen MR) is 104 cm³/mol. The second-order valence-electron chi connectivity index (χ2n) is 5.87. The number of phenolic OH excluding ortho intramolecular Hbond substituents is 1. The Balaban J connectivity index is 0.000000253. The fourth-order valence-corrected chi connectivity index (χ4v) is 2.49. The van der Waals surface area contributed by atoms with Crippen LogP contribution in [0.15, 0.2) is 84.9 Å². The van der Waals surface area contributed by atoms with Crippen molar-refractivity contribution in [2.24, 2.45) is 0 Å². The van der Waals surface area contributed by atoms with Crippen LogP contribution >= 0.6 is 0 Å². The molecule has 1 fully saturated rings. The van der Waals surface area contributed by atoms with E-state index in [1.54, 1.807) is 24.3 Å². The number of phenols is 1. The van der Waals surface area contributed by atoms with E-state index in [0.29, 0.717) is 12.4 Å². The van der Waals surface area contributed by atoms with Crippen molar-refractivity contribution in [3.63, 3.8) is 0 Å². The van der Waals surface area contributed by atoms with Crippen LogP contribution in [0.3, 0.4) is 0 Å². The Kier molecular flexibility index (Phi) is 6.11. The molecule has 0 radical (unpaired) electrons. The smallest absolute Gasteiger partial charge is 0.407 e. The third-order valence-electron chi connectivity index (χ3n) is 3.84. The first kappa shape index (κ1) is 18.1. The summed E-state index contributed by atoms with van der Waals surface area (Å²) in [4.78, 5) is 11.1. The van der Waals surface area contributed by atoms with Gasteiger partial charge in [-0.2, -0.15) is 0 Å². The minimum absolute atomic E-state index is 0.0824. The predicted octanol–water partition coefficient (Wildman–Crippen LogP) is 4.26. The van der Waals surface area contributed by atoms with E-state index < -0.39 is 0 Å². The molecule has 27 heavy (non-hydrogen) atoms. The molecule has 1 saturated heterocycles. The third-order valence-corrected chi connectivity index (χ3v) is 3.84. The molecule has 3 aromatic rings. The molecule has 0 bridgehead atoms. The number of hydrogen-bond donors (Lipinski definition) is 2. The van der Waals surface area contributed by atoms with Crippen molar-refractivity contribution in [2.75, 3.05) is 6.61 Å². The second-order valence-corrected chi connectivity index (χ2v) is 5.87. The largest absolute Gasteiger partial charge is 0.508 e. The zero-order chi connectivity index (χ0) is 18.9. The zero-order valence-corrected chi connectivity index (χ0v) is 14.6. The van der Waals surface area contributed by atoms with Crippen molar-refractivity contribution < 1.29 is 14.6 Å². The van der Waals surface area contributed by atoms with Crippen LogP contribution in [0.25, 0.3) is 0 Å². The molecule has 134 valence electrons. The van der Waals surface area contributed by atoms with Crippen LogP contribution in [0.1, 0.15) is 22.7 Å². The van der Waals surface area contributed by atoms with Gasteiger partial charge >= 0.3 is 6.09 Å². The Hall–Kier alpha value is -3.71. The van der Waals surface area contributed by atoms with Gasteiger partial charge in [0.1, 0.15) is 12.4 Å². The van der Waals surface area contributed by atoms with Gasteiger partial charge in [0.15, 0.2) is 0 Å². The van der Waals surface area contributed by atoms with Crippen LogP contribution in [0.5, 0.6) is 5.75 Å². The Labute approximate surface area is 158 Å². The lowest BCUT2D eigenvalue weighted by molar-refractivity contribution is 0.177. The van der Waals surface area contributed by atoms with E-state index in [4.69, 9.17) is 9.84 Å². The van der Waals surface area contributed by atoms with Crippen molar-refractivity contribution in [3.05, 3.63) is 102 Å². The topological polar surface area (TPSA) is 58.6 Å². The summed E-state index contributed by atoms with van der Waals surface area (Å²) in [5.74, 6) is 6.57. The first-order valence-corrected chi connectivity index (χ1v) is 8.55. The van der Waals surface area contributed by atoms with Gasteiger partial charge in [-0.15, -0.1) is 0 Å². The summed E-state index contributed by atoms with van der Waals surface area (Å²) in [6.07, 6.45) is -0.365. The molecule has 1 amide bonds. The van der Waals surface area contributed by atoms with Gasteiger partial charge in [0.2, 0.25) is 0 Å². The van der Waals surface area contributed by atoms with Crippen molar-refractivity contribution in [1.82, 2.24) is 5.32 Å². The quantitative estimate of drug-likeness (QED) is 0.640. The summed E-state index contributed by atoms with van der Waals surface area (Å²) in [5.41, 5.74) is 2.92. The first-order valence-electron chi connectivity index (χ1n) is 8.55. The van der Waals surface area contributed by atoms with Crippen LogP contribution in [0.2, 0.25) is 0 Å². The first-order chi connectivity index (χ1) is 13.2. The SMILES string of the molecule is O=C1N[C@H](c2cccc(C#Cc3ccccc3)c2)CO1.Oc1ccccc1. The summed E-state index contributed by atoms with van der Waals surface area (Å²) in [5, 5.41) is 11.4. The molecule has 2 N–H and O–H groups in total. The Morgan fingerprint density at radius 3 is 2.07 bits per heavy atom. The number of rotatable bonds is 1. The molecule has 4 rings (SSSR count). The second kappa shape index (κ2) is 9.12. The number of cyclic esters (lactones) is 1. The lowest BCUT2D eigenvalue weighted by Gasteiger charge is -2.07. The lowest BCUT2D eigenvalue weighted by Crippen LogP contribution is -2.18. The summed E-state index contributed by atoms with van der Waals surface area (Å²) in [7, 11) is 0. The summed E-state index contributed by atoms with van der Waals surface area (Å²) in [6.45, 7) is 0.369. The van der Waals surface area contributed by atoms with Gasteiger partial charge in [-0.25, -0.2) is 4.79 Å². The van der Waals surface area contributed by atoms with E-state index in [1.807, 2.05) is 60.7 Å². The summed E-state index contributed by atoms with van der Waals surface area (Å²) >= 11 is 0. The minimum atomic E-state index is -0.365. The van der Waals surface area contributed by atoms with Crippen molar-refractivity contribution in [3.8, 4) is 17.6 Å². The molecule has 0 aromatic heterocycles. The normalized spacial score (nSPS) is 14.7. The number of nitrogens with one attached hydrogen (secondary N) is 1. The van der Waals surface area contributed by atoms with Crippen LogP contribution in [0.4, 0.5) is 4.79 Å². The Morgan fingerprint density at radius 1 is 0.852 bits per heavy atom. The van der Waals surface area contributed by atoms with E-state index in [-0.39, 0.29) is 12.1 Å². The number of ether oxygens (including phenoxy) is 1. The number of hydrogen-bond acceptors (Lipinski definition) is 3. The molecule has 1 aliphatic heterocycles. The number of carbonyl (C=O) groups excluding carboxylic acids is 1. The molecule has 1 heterocycles. The maximum atomic E-state index is 11.1. The van der Waals surface area contributed by atoms with E-state index in [1.165, 1.54) is 0 Å². The average Bonchev–Trinajstić information content (AvgIpc) is 3.15. The van der Waals surface area contributed by atoms with Gasteiger partial charge in [0.05, 0.1) is 6.04 Å². The molecule has 0 aliphatic carbocycles. The number of alkyl carbamates (subject to hydrolysis) is 1. The third kappa shape index (κ3) is 5.65. The van der Waals surface area contributed by atoms with E-state index >= 15 is 0 Å². The Bertz CT molecular complexity index is 943. The zero-order valence-electron chi connectivity index (χ0n) is 14.6. The number of carbonyl (C=O) groups is 1. The number of benzene rings is 3. The van der Waals surface area contributed by atoms with Gasteiger partial charge in [-0.1, -0.05) is 60.4 Å². The lowest BCUT2D eigenvalue weighted by atomic mass is 10.0. The van der Waals surface area contributed by atoms with Gasteiger partial charge in [-0.3, -0.25) is 0 Å². The highest BCUT2D eigenvalue weighted by Crippen LogP contribution is 2.18. The molecule has 1 atom stereocenters. The van der Waals surface area contributed by atoms with Gasteiger partial charge in [0, 0.05) is 11.1 Å². The van der Waals surface area contributed by atoms with Gasteiger partial charge in [0.25, 0.3) is 0 Å². The van der Waals surface area contributed by atoms with Crippen LogP contribution in [0, 0.1) is 11.8 Å². The molecule has 1 aliphatic rings. The number of para-hydroxylation sites is 1. The highest BCUT2D eigenvalue weighted by molar-refractivity contribution is 5.70. The molecular formula is C23H19NO3. The van der Waals surface area contributed by atoms with Crippen molar-refractivity contribution >= 4 is 6.09 Å². The molecule has 4 nitrogen and oxygen atoms in total. The van der Waals surface area contributed by atoms with Crippen molar-refractivity contribution in [1.29, 1.82) is 0 Å². The van der Waals surface area contributed by atoms with E-state index in [9.17, 15) is 4.79 Å². The van der Waals surface area contributed by atoms with Gasteiger partial charge < -0.3 is 15.2 Å². The maximum absolute atomic E-state index is 11.1. The maximum Gasteiger partial charge on any atom is 0.407 e. The molecule has 0 unspecified atom stereocenters. The molecule has 0 saturated carbocycles. The fourth-order valence-electron chi connectivity index (χ4n) is 2.49. The molecular weight excluding hydrogens is 338 g/mol. The van der Waals surface area contributed by atoms with Crippen molar-refractivity contribution in [2.45, 2.75) is 6.04 Å². The monoisotopic (exact) mass is 357 g/mol. The molecule has 4 heteroatoms. The summed E-state index contributed by atoms with van der Waals surface area (Å²) < 4.78 is 4.90. The highest BCUT2D eigenvalue weighted by Gasteiger charge is 2.23. The van der Waals surface area contributed by atoms with Crippen LogP contribution in [-0.2, 0) is 4.74 Å². The fraction of sp³-hybridized carbons (Fsp3) is 0.0870. The van der Waals surface area contributed by atoms with Crippen LogP contribution in [-0.4, -0.2) is 17.8 Å². The van der Waals surface area contributed by atoms with E-state index in [0.717, 1.165) is 16.7 Å². The highest BCUT2D eigenvalue weighted by atomic mass is 16.6. The number of amides is 1. The van der Waals surface area contributed by atoms with Gasteiger partial charge in [-0.05, 0) is 42.0 Å². The number of aromatic hydroxyl groups is 1. The average molecular weight is 357 g/mol. The minimum Gasteiger partial charge on any atom is -0.508 e. The van der Waals surface area contributed by atoms with E-state index in [2.05, 4.69) is 17.2 Å². The molecule has 3 aromatic carbocycles. The standard InChI is InChI=1S/C17H13NO2.C6H6O/c19-17-18-16(12-20-17)15-8-4-7-14(11-15)10-9-13-5-2-1-3-6-13;7-6-4-2-1-3-5-6/h1-8,11,16H,12H2,(H,18,19);1-5,7H/t16-;/m0./s1. The Morgan fingerprint density at radius 2 is 1.48 bits per heavy atom. The van der Waals surface area contributed by atoms with Crippen LogP contribution < -0.4 is 5.32 Å². The summed E-state index contributed by atoms with van der Waals surface area (Å²) in [6, 6.07) is 26.3.